The Hall–Kier alpha value is -6.42. The SMILES string of the molecule is O[B]c1ccc(-c2c3nc(c(-c4ccc([B]O)cc4)c4ccc([nH]4)c(-c4ccc([B]O)cc4)c4nc(c(-c5ccc([B]O)cc5)c5ccc2[nH]5)C=C4)C=C3)cc1. The average molecular weight is 722 g/mol. The van der Waals surface area contributed by atoms with Crippen LogP contribution in [0.2, 0.25) is 0 Å². The van der Waals surface area contributed by atoms with Gasteiger partial charge in [0.15, 0.2) is 0 Å². The molecule has 0 saturated heterocycles. The molecule has 5 heterocycles. The smallest absolute Gasteiger partial charge is 0.326 e. The summed E-state index contributed by atoms with van der Waals surface area (Å²) in [7, 11) is 4.33. The average Bonchev–Trinajstić information content (AvgIpc) is 4.10. The number of nitrogens with zero attached hydrogens (tertiary/aromatic N) is 2. The lowest BCUT2D eigenvalue weighted by atomic mass is 9.87. The molecule has 0 saturated carbocycles. The second kappa shape index (κ2) is 15.0. The summed E-state index contributed by atoms with van der Waals surface area (Å²) in [5, 5.41) is 38.8. The number of nitrogens with one attached hydrogen (secondary N) is 2. The van der Waals surface area contributed by atoms with Crippen LogP contribution in [0.3, 0.4) is 0 Å². The van der Waals surface area contributed by atoms with Crippen LogP contribution in [0.4, 0.5) is 0 Å². The Balaban J connectivity index is 1.44. The Morgan fingerprint density at radius 2 is 0.518 bits per heavy atom. The maximum Gasteiger partial charge on any atom is 0.326 e. The van der Waals surface area contributed by atoms with Gasteiger partial charge in [-0.15, -0.1) is 0 Å². The van der Waals surface area contributed by atoms with Crippen molar-refractivity contribution in [1.82, 2.24) is 19.9 Å². The van der Waals surface area contributed by atoms with Gasteiger partial charge < -0.3 is 30.1 Å². The molecule has 8 nitrogen and oxygen atoms in total. The van der Waals surface area contributed by atoms with Crippen molar-refractivity contribution in [2.24, 2.45) is 0 Å². The molecule has 12 heteroatoms. The molecule has 0 atom stereocenters. The number of fused-ring (bicyclic) bond motifs is 8. The van der Waals surface area contributed by atoms with E-state index in [9.17, 15) is 20.1 Å². The number of hydrogen-bond donors (Lipinski definition) is 6. The molecule has 2 aliphatic rings. The Bertz CT molecular complexity index is 2450. The van der Waals surface area contributed by atoms with E-state index in [1.54, 1.807) is 0 Å². The maximum absolute atomic E-state index is 9.71. The zero-order valence-electron chi connectivity index (χ0n) is 29.8. The van der Waals surface area contributed by atoms with E-state index in [0.29, 0.717) is 21.9 Å². The summed E-state index contributed by atoms with van der Waals surface area (Å²) >= 11 is 0. The number of hydrogen-bond acceptors (Lipinski definition) is 6. The molecule has 262 valence electrons. The monoisotopic (exact) mass is 722 g/mol. The van der Waals surface area contributed by atoms with Gasteiger partial charge in [-0.25, -0.2) is 9.97 Å². The first kappa shape index (κ1) is 35.3. The second-order valence-electron chi connectivity index (χ2n) is 13.5. The van der Waals surface area contributed by atoms with Gasteiger partial charge >= 0.3 is 29.9 Å². The van der Waals surface area contributed by atoms with E-state index in [2.05, 4.69) is 9.97 Å². The van der Waals surface area contributed by atoms with Crippen molar-refractivity contribution in [1.29, 1.82) is 0 Å². The van der Waals surface area contributed by atoms with Gasteiger partial charge in [0, 0.05) is 44.3 Å². The van der Waals surface area contributed by atoms with Crippen molar-refractivity contribution in [3.8, 4) is 44.5 Å². The van der Waals surface area contributed by atoms with E-state index in [4.69, 9.17) is 9.97 Å². The minimum atomic E-state index is 0.684. The largest absolute Gasteiger partial charge is 0.450 e. The lowest BCUT2D eigenvalue weighted by molar-refractivity contribution is 0.615. The predicted octanol–water partition coefficient (Wildman–Crippen LogP) is 4.27. The fourth-order valence-electron chi connectivity index (χ4n) is 7.36. The summed E-state index contributed by atoms with van der Waals surface area (Å²) in [6.07, 6.45) is 8.08. The highest BCUT2D eigenvalue weighted by molar-refractivity contribution is 6.46. The zero-order valence-corrected chi connectivity index (χ0v) is 29.8. The Kier molecular flexibility index (Phi) is 9.46. The van der Waals surface area contributed by atoms with Crippen LogP contribution in [0.15, 0.2) is 121 Å². The first-order valence-electron chi connectivity index (χ1n) is 18.0. The van der Waals surface area contributed by atoms with E-state index < -0.39 is 0 Å². The van der Waals surface area contributed by atoms with Crippen molar-refractivity contribution >= 4 is 98.2 Å². The number of aromatic amines is 2. The van der Waals surface area contributed by atoms with Gasteiger partial charge in [-0.1, -0.05) is 119 Å². The number of rotatable bonds is 8. The van der Waals surface area contributed by atoms with Crippen LogP contribution in [-0.4, -0.2) is 70.0 Å². The predicted molar refractivity (Wildman–Crippen MR) is 231 cm³/mol. The summed E-state index contributed by atoms with van der Waals surface area (Å²) in [5.41, 5.74) is 16.2. The Morgan fingerprint density at radius 3 is 0.714 bits per heavy atom. The van der Waals surface area contributed by atoms with Gasteiger partial charge in [-0.05, 0) is 70.8 Å². The quantitative estimate of drug-likeness (QED) is 0.130. The topological polar surface area (TPSA) is 138 Å². The molecule has 8 bridgehead atoms. The molecule has 9 rings (SSSR count). The van der Waals surface area contributed by atoms with E-state index in [0.717, 1.165) is 119 Å². The van der Waals surface area contributed by atoms with Crippen LogP contribution in [0.25, 0.3) is 90.9 Å². The molecule has 4 aromatic carbocycles. The molecule has 0 aliphatic carbocycles. The van der Waals surface area contributed by atoms with Crippen molar-refractivity contribution in [3.63, 3.8) is 0 Å². The second-order valence-corrected chi connectivity index (χ2v) is 13.5. The molecule has 0 unspecified atom stereocenters. The van der Waals surface area contributed by atoms with Crippen molar-refractivity contribution in [2.45, 2.75) is 0 Å². The van der Waals surface area contributed by atoms with Crippen molar-refractivity contribution in [3.05, 3.63) is 144 Å². The minimum Gasteiger partial charge on any atom is -0.450 e. The lowest BCUT2D eigenvalue weighted by Gasteiger charge is -2.08. The van der Waals surface area contributed by atoms with Crippen LogP contribution in [0, 0.1) is 0 Å². The van der Waals surface area contributed by atoms with Gasteiger partial charge in [0.25, 0.3) is 0 Å². The molecule has 0 amide bonds. The van der Waals surface area contributed by atoms with E-state index in [1.807, 2.05) is 146 Å². The number of benzene rings is 4. The molecule has 3 aromatic heterocycles. The molecule has 2 aliphatic heterocycles. The molecular formula is C44H30B4N4O4. The maximum atomic E-state index is 9.71. The summed E-state index contributed by atoms with van der Waals surface area (Å²) in [4.78, 5) is 18.0. The molecule has 7 aromatic rings. The highest BCUT2D eigenvalue weighted by atomic mass is 16.2. The van der Waals surface area contributed by atoms with Crippen LogP contribution in [-0.2, 0) is 0 Å². The Labute approximate surface area is 325 Å². The van der Waals surface area contributed by atoms with E-state index in [1.165, 1.54) is 0 Å². The normalized spacial score (nSPS) is 11.8. The number of aromatic nitrogens is 4. The van der Waals surface area contributed by atoms with Crippen LogP contribution in [0.1, 0.15) is 22.8 Å². The molecule has 4 radical (unpaired) electrons. The van der Waals surface area contributed by atoms with Crippen LogP contribution < -0.4 is 21.9 Å². The standard InChI is InChI=1S/C44H30B4N4O4/c53-45-29-9-1-25(2-10-29)41-33-17-19-35(49-33)42(26-3-11-30(46-54)12-4-26)37-21-23-39(51-37)44(28-7-15-32(48-56)16-8-28)40-24-22-38(52-40)43(36-20-18-34(41)50-36)27-5-13-31(47-55)14-6-27/h1-24,49,52-56H. The number of H-pyrrole nitrogens is 2. The first-order valence-corrected chi connectivity index (χ1v) is 18.0. The van der Waals surface area contributed by atoms with E-state index in [-0.39, 0.29) is 0 Å². The van der Waals surface area contributed by atoms with Crippen molar-refractivity contribution in [2.75, 3.05) is 0 Å². The zero-order chi connectivity index (χ0) is 38.2. The fourth-order valence-corrected chi connectivity index (χ4v) is 7.36. The van der Waals surface area contributed by atoms with Gasteiger partial charge in [-0.2, -0.15) is 0 Å². The van der Waals surface area contributed by atoms with Crippen LogP contribution >= 0.6 is 0 Å². The lowest BCUT2D eigenvalue weighted by Crippen LogP contribution is -2.12. The highest BCUT2D eigenvalue weighted by Gasteiger charge is 2.19. The first-order chi connectivity index (χ1) is 27.5. The third kappa shape index (κ3) is 6.55. The van der Waals surface area contributed by atoms with Gasteiger partial charge in [0.2, 0.25) is 0 Å². The van der Waals surface area contributed by atoms with E-state index >= 15 is 0 Å². The Morgan fingerprint density at radius 1 is 0.304 bits per heavy atom. The molecule has 0 spiro atoms. The van der Waals surface area contributed by atoms with Gasteiger partial charge in [0.05, 0.1) is 22.8 Å². The molecule has 0 fully saturated rings. The fraction of sp³-hybridized carbons (Fsp3) is 0. The molecular weight excluding hydrogens is 692 g/mol. The molecule has 56 heavy (non-hydrogen) atoms. The summed E-state index contributed by atoms with van der Waals surface area (Å²) in [5.74, 6) is 0. The third-order valence-electron chi connectivity index (χ3n) is 10.1. The minimum absolute atomic E-state index is 0.684. The molecule has 6 N–H and O–H groups in total. The van der Waals surface area contributed by atoms with Crippen molar-refractivity contribution < 1.29 is 20.1 Å². The third-order valence-corrected chi connectivity index (χ3v) is 10.1. The summed E-state index contributed by atoms with van der Waals surface area (Å²) in [6.45, 7) is 0. The summed E-state index contributed by atoms with van der Waals surface area (Å²) < 4.78 is 0. The highest BCUT2D eigenvalue weighted by Crippen LogP contribution is 2.38. The van der Waals surface area contributed by atoms with Gasteiger partial charge in [-0.3, -0.25) is 0 Å². The summed E-state index contributed by atoms with van der Waals surface area (Å²) in [6, 6.07) is 38.9. The van der Waals surface area contributed by atoms with Crippen LogP contribution in [0.5, 0.6) is 0 Å². The van der Waals surface area contributed by atoms with Gasteiger partial charge in [0.1, 0.15) is 0 Å².